The van der Waals surface area contributed by atoms with E-state index in [0.29, 0.717) is 46.4 Å². The molecule has 0 amide bonds. The van der Waals surface area contributed by atoms with Crippen LogP contribution in [0.3, 0.4) is 0 Å². The number of rotatable bonds is 5. The van der Waals surface area contributed by atoms with E-state index in [2.05, 4.69) is 15.1 Å². The van der Waals surface area contributed by atoms with Gasteiger partial charge in [-0.15, -0.1) is 0 Å². The highest BCUT2D eigenvalue weighted by Gasteiger charge is 2.45. The Bertz CT molecular complexity index is 1710. The third kappa shape index (κ3) is 4.25. The quantitative estimate of drug-likeness (QED) is 0.282. The van der Waals surface area contributed by atoms with Crippen LogP contribution in [0.1, 0.15) is 44.1 Å². The van der Waals surface area contributed by atoms with Gasteiger partial charge in [0.1, 0.15) is 23.8 Å². The van der Waals surface area contributed by atoms with Crippen molar-refractivity contribution in [3.8, 4) is 17.1 Å². The zero-order chi connectivity index (χ0) is 28.6. The van der Waals surface area contributed by atoms with Crippen LogP contribution in [0.25, 0.3) is 32.8 Å². The Kier molecular flexibility index (Phi) is 6.32. The fourth-order valence-electron chi connectivity index (χ4n) is 8.03. The number of nitrogens with one attached hydrogen (secondary N) is 1. The molecule has 5 heterocycles. The van der Waals surface area contributed by atoms with Crippen molar-refractivity contribution in [1.82, 2.24) is 20.2 Å². The van der Waals surface area contributed by atoms with Crippen LogP contribution in [-0.2, 0) is 0 Å². The van der Waals surface area contributed by atoms with Gasteiger partial charge < -0.3 is 15.0 Å². The molecule has 0 spiro atoms. The first-order valence-electron chi connectivity index (χ1n) is 15.2. The Balaban J connectivity index is 1.27. The van der Waals surface area contributed by atoms with Crippen molar-refractivity contribution in [3.05, 3.63) is 58.6 Å². The topological polar surface area (TPSA) is 53.5 Å². The van der Waals surface area contributed by atoms with Gasteiger partial charge in [0, 0.05) is 41.5 Å². The Morgan fingerprint density at radius 3 is 2.52 bits per heavy atom. The van der Waals surface area contributed by atoms with Crippen LogP contribution >= 0.6 is 11.6 Å². The van der Waals surface area contributed by atoms with Crippen molar-refractivity contribution in [2.24, 2.45) is 0 Å². The van der Waals surface area contributed by atoms with E-state index in [1.165, 1.54) is 18.9 Å². The molecule has 2 unspecified atom stereocenters. The fraction of sp³-hybridized carbons (Fsp3) is 0.455. The summed E-state index contributed by atoms with van der Waals surface area (Å²) in [6.45, 7) is 6.26. The minimum atomic E-state index is -0.531. The second-order valence-electron chi connectivity index (χ2n) is 12.7. The van der Waals surface area contributed by atoms with Crippen LogP contribution in [0, 0.1) is 18.6 Å². The van der Waals surface area contributed by atoms with Crippen molar-refractivity contribution in [2.45, 2.75) is 63.1 Å². The highest BCUT2D eigenvalue weighted by Crippen LogP contribution is 2.42. The molecule has 4 fully saturated rings. The summed E-state index contributed by atoms with van der Waals surface area (Å²) in [5.74, 6) is -0.298. The number of piperazine rings is 1. The lowest BCUT2D eigenvalue weighted by molar-refractivity contribution is 0.108. The minimum absolute atomic E-state index is 0.0115. The maximum absolute atomic E-state index is 16.8. The zero-order valence-electron chi connectivity index (χ0n) is 23.7. The van der Waals surface area contributed by atoms with Crippen LogP contribution in [0.4, 0.5) is 14.6 Å². The first-order chi connectivity index (χ1) is 20.4. The van der Waals surface area contributed by atoms with E-state index in [0.717, 1.165) is 62.8 Å². The molecule has 6 nitrogen and oxygen atoms in total. The highest BCUT2D eigenvalue weighted by atomic mass is 35.5. The highest BCUT2D eigenvalue weighted by molar-refractivity contribution is 6.37. The van der Waals surface area contributed by atoms with Crippen molar-refractivity contribution >= 4 is 39.1 Å². The summed E-state index contributed by atoms with van der Waals surface area (Å²) in [4.78, 5) is 14.4. The number of fused-ring (bicyclic) bond motifs is 5. The first kappa shape index (κ1) is 26.5. The number of nitrogens with zero attached hydrogens (tertiary/aromatic N) is 4. The predicted octanol–water partition coefficient (Wildman–Crippen LogP) is 6.64. The van der Waals surface area contributed by atoms with E-state index in [9.17, 15) is 4.39 Å². The van der Waals surface area contributed by atoms with Crippen LogP contribution < -0.4 is 15.0 Å². The van der Waals surface area contributed by atoms with Crippen LogP contribution in [0.5, 0.6) is 6.01 Å². The molecule has 0 saturated carbocycles. The van der Waals surface area contributed by atoms with E-state index < -0.39 is 11.6 Å². The predicted molar refractivity (Wildman–Crippen MR) is 163 cm³/mol. The fourth-order valence-corrected chi connectivity index (χ4v) is 8.30. The summed E-state index contributed by atoms with van der Waals surface area (Å²) in [6, 6.07) is 11.5. The van der Waals surface area contributed by atoms with Crippen LogP contribution in [0.2, 0.25) is 5.02 Å². The lowest BCUT2D eigenvalue weighted by atomic mass is 9.94. The minimum Gasteiger partial charge on any atom is -0.461 e. The molecular formula is C33H34ClF2N5O. The summed E-state index contributed by atoms with van der Waals surface area (Å²) in [7, 11) is 0. The van der Waals surface area contributed by atoms with Gasteiger partial charge in [0.2, 0.25) is 0 Å². The lowest BCUT2D eigenvalue weighted by Gasteiger charge is -2.34. The van der Waals surface area contributed by atoms with Gasteiger partial charge >= 0.3 is 6.01 Å². The Morgan fingerprint density at radius 1 is 1.00 bits per heavy atom. The van der Waals surface area contributed by atoms with E-state index in [4.69, 9.17) is 26.3 Å². The van der Waals surface area contributed by atoms with Gasteiger partial charge in [0.15, 0.2) is 5.82 Å². The van der Waals surface area contributed by atoms with Gasteiger partial charge in [0.05, 0.1) is 10.6 Å². The first-order valence-corrected chi connectivity index (χ1v) is 15.5. The maximum atomic E-state index is 16.8. The van der Waals surface area contributed by atoms with Gasteiger partial charge in [-0.2, -0.15) is 9.97 Å². The van der Waals surface area contributed by atoms with Crippen molar-refractivity contribution in [3.63, 3.8) is 0 Å². The van der Waals surface area contributed by atoms with E-state index in [1.54, 1.807) is 12.1 Å². The van der Waals surface area contributed by atoms with Crippen molar-refractivity contribution in [2.75, 3.05) is 37.7 Å². The maximum Gasteiger partial charge on any atom is 0.319 e. The molecule has 4 aliphatic rings. The average molecular weight is 590 g/mol. The third-order valence-corrected chi connectivity index (χ3v) is 10.4. The molecule has 8 rings (SSSR count). The van der Waals surface area contributed by atoms with Crippen LogP contribution in [0.15, 0.2) is 36.4 Å². The van der Waals surface area contributed by atoms with Crippen molar-refractivity contribution < 1.29 is 13.5 Å². The average Bonchev–Trinajstić information content (AvgIpc) is 3.67. The number of hydrogen-bond acceptors (Lipinski definition) is 6. The Morgan fingerprint density at radius 2 is 1.76 bits per heavy atom. The summed E-state index contributed by atoms with van der Waals surface area (Å²) < 4.78 is 37.8. The second kappa shape index (κ2) is 10.00. The van der Waals surface area contributed by atoms with Gasteiger partial charge in [-0.25, -0.2) is 8.78 Å². The molecule has 1 aromatic heterocycles. The number of aromatic nitrogens is 2. The smallest absolute Gasteiger partial charge is 0.319 e. The van der Waals surface area contributed by atoms with Gasteiger partial charge in [-0.3, -0.25) is 4.90 Å². The van der Waals surface area contributed by atoms with Gasteiger partial charge in [-0.05, 0) is 87.2 Å². The molecule has 3 aromatic carbocycles. The van der Waals surface area contributed by atoms with Gasteiger partial charge in [0.25, 0.3) is 0 Å². The summed E-state index contributed by atoms with van der Waals surface area (Å²) in [5, 5.41) is 5.57. The second-order valence-corrected chi connectivity index (χ2v) is 13.1. The number of halogens is 3. The molecule has 0 radical (unpaired) electrons. The van der Waals surface area contributed by atoms with Gasteiger partial charge in [-0.1, -0.05) is 35.9 Å². The summed E-state index contributed by atoms with van der Waals surface area (Å²) >= 11 is 6.48. The standard InChI is InChI=1S/C33H34ClF2N5O/c1-19-14-20-4-9-26(35)28(34)27(20)25(15-19)23-7-8-24-30(29(23)36)38-32(42-18-33-10-2-12-41(33)13-3-11-33)39-31(24)40-16-21-5-6-22(17-40)37-21/h4,7-9,14-15,21-22,37H,2-3,5-6,10-13,16-18H2,1H3. The monoisotopic (exact) mass is 589 g/mol. The molecule has 218 valence electrons. The molecule has 1 N–H and O–H groups in total. The molecule has 4 saturated heterocycles. The summed E-state index contributed by atoms with van der Waals surface area (Å²) in [5.41, 5.74) is 2.04. The number of hydrogen-bond donors (Lipinski definition) is 1. The normalized spacial score (nSPS) is 23.3. The number of aryl methyl sites for hydroxylation is 1. The molecule has 0 aliphatic carbocycles. The molecule has 9 heteroatoms. The van der Waals surface area contributed by atoms with Crippen molar-refractivity contribution in [1.29, 1.82) is 0 Å². The van der Waals surface area contributed by atoms with E-state index in [1.807, 2.05) is 25.1 Å². The Labute approximate surface area is 249 Å². The molecular weight excluding hydrogens is 556 g/mol. The molecule has 42 heavy (non-hydrogen) atoms. The summed E-state index contributed by atoms with van der Waals surface area (Å²) in [6.07, 6.45) is 6.80. The lowest BCUT2D eigenvalue weighted by Crippen LogP contribution is -2.51. The Hall–Kier alpha value is -3.07. The zero-order valence-corrected chi connectivity index (χ0v) is 24.5. The largest absolute Gasteiger partial charge is 0.461 e. The SMILES string of the molecule is Cc1cc(-c2ccc3c(N4CC5CCC(C4)N5)nc(OCC45CCCN4CCC5)nc3c2F)c2c(Cl)c(F)ccc2c1. The van der Waals surface area contributed by atoms with Crippen LogP contribution in [-0.4, -0.2) is 65.3 Å². The number of anilines is 1. The molecule has 4 aromatic rings. The van der Waals surface area contributed by atoms with E-state index >= 15 is 4.39 Å². The van der Waals surface area contributed by atoms with E-state index in [-0.39, 0.29) is 22.1 Å². The number of benzene rings is 3. The molecule has 4 aliphatic heterocycles. The third-order valence-electron chi connectivity index (χ3n) is 10.0. The number of ether oxygens (including phenoxy) is 1. The molecule has 2 bridgehead atoms. The molecule has 2 atom stereocenters.